The molecule has 0 saturated heterocycles. The standard InChI is InChI=1S/C32H30FN7O3/c33-23-11-12-27(39-29(41)21-10-9-19-5-1-2-6-20(19)15-21)25(17-23)30(42)40-28(31(43)36-13-14-37-32(34)35)16-22-18-38-26-8-4-3-7-24(22)26/h1-12,15,17-18,28,38H,13-14,16H2,(H,36,43)(H,39,41)(H,40,42)(H4,34,35,37)/t28-/m0/s1. The summed E-state index contributed by atoms with van der Waals surface area (Å²) in [5.41, 5.74) is 12.7. The Hall–Kier alpha value is -5.71. The number of carbonyl (C=O) groups is 3. The minimum Gasteiger partial charge on any atom is -0.370 e. The largest absolute Gasteiger partial charge is 0.370 e. The van der Waals surface area contributed by atoms with Gasteiger partial charge in [0.2, 0.25) is 5.91 Å². The topological polar surface area (TPSA) is 167 Å². The zero-order valence-corrected chi connectivity index (χ0v) is 23.1. The molecule has 43 heavy (non-hydrogen) atoms. The molecule has 11 heteroatoms. The van der Waals surface area contributed by atoms with Crippen LogP contribution in [-0.4, -0.2) is 47.8 Å². The van der Waals surface area contributed by atoms with Crippen LogP contribution in [0.2, 0.25) is 0 Å². The lowest BCUT2D eigenvalue weighted by molar-refractivity contribution is -0.122. The molecule has 3 amide bonds. The Morgan fingerprint density at radius 2 is 1.65 bits per heavy atom. The van der Waals surface area contributed by atoms with Gasteiger partial charge in [-0.3, -0.25) is 19.4 Å². The molecule has 0 unspecified atom stereocenters. The summed E-state index contributed by atoms with van der Waals surface area (Å²) < 4.78 is 14.4. The van der Waals surface area contributed by atoms with E-state index in [2.05, 4.69) is 25.9 Å². The molecule has 8 N–H and O–H groups in total. The second-order valence-corrected chi connectivity index (χ2v) is 9.89. The summed E-state index contributed by atoms with van der Waals surface area (Å²) in [6.07, 6.45) is 1.91. The van der Waals surface area contributed by atoms with Crippen molar-refractivity contribution in [2.24, 2.45) is 16.5 Å². The summed E-state index contributed by atoms with van der Waals surface area (Å²) in [4.78, 5) is 47.0. The van der Waals surface area contributed by atoms with Crippen molar-refractivity contribution < 1.29 is 18.8 Å². The maximum absolute atomic E-state index is 14.4. The molecule has 1 atom stereocenters. The highest BCUT2D eigenvalue weighted by Gasteiger charge is 2.25. The molecule has 5 aromatic rings. The zero-order chi connectivity index (χ0) is 30.3. The predicted octanol–water partition coefficient (Wildman–Crippen LogP) is 3.44. The molecular formula is C32H30FN7O3. The number of anilines is 1. The van der Waals surface area contributed by atoms with E-state index >= 15 is 0 Å². The Balaban J connectivity index is 1.38. The van der Waals surface area contributed by atoms with Crippen LogP contribution in [0.5, 0.6) is 0 Å². The van der Waals surface area contributed by atoms with Crippen molar-refractivity contribution in [3.63, 3.8) is 0 Å². The van der Waals surface area contributed by atoms with E-state index in [1.54, 1.807) is 18.3 Å². The minimum absolute atomic E-state index is 0.0936. The number of rotatable bonds is 10. The lowest BCUT2D eigenvalue weighted by Crippen LogP contribution is -2.48. The predicted molar refractivity (Wildman–Crippen MR) is 165 cm³/mol. The average molecular weight is 580 g/mol. The fraction of sp³-hybridized carbons (Fsp3) is 0.125. The number of nitrogens with zero attached hydrogens (tertiary/aromatic N) is 1. The molecule has 0 fully saturated rings. The van der Waals surface area contributed by atoms with Gasteiger partial charge in [0.05, 0.1) is 17.8 Å². The Labute approximate surface area is 246 Å². The third-order valence-corrected chi connectivity index (χ3v) is 6.91. The van der Waals surface area contributed by atoms with Crippen LogP contribution in [0.15, 0.2) is 96.1 Å². The summed E-state index contributed by atoms with van der Waals surface area (Å²) >= 11 is 0. The number of amides is 3. The molecule has 1 aromatic heterocycles. The lowest BCUT2D eigenvalue weighted by Gasteiger charge is -2.19. The van der Waals surface area contributed by atoms with Gasteiger partial charge in [0.15, 0.2) is 5.96 Å². The van der Waals surface area contributed by atoms with Crippen molar-refractivity contribution in [3.8, 4) is 0 Å². The summed E-state index contributed by atoms with van der Waals surface area (Å²) in [5.74, 6) is -2.48. The second kappa shape index (κ2) is 12.9. The first kappa shape index (κ1) is 28.8. The number of H-pyrrole nitrogens is 1. The number of para-hydroxylation sites is 1. The number of halogens is 1. The van der Waals surface area contributed by atoms with Crippen molar-refractivity contribution in [2.75, 3.05) is 18.4 Å². The third-order valence-electron chi connectivity index (χ3n) is 6.91. The number of carbonyl (C=O) groups excluding carboxylic acids is 3. The van der Waals surface area contributed by atoms with Crippen molar-refractivity contribution >= 4 is 51.0 Å². The molecule has 0 spiro atoms. The number of nitrogens with two attached hydrogens (primary N) is 2. The first-order valence-electron chi connectivity index (χ1n) is 13.6. The summed E-state index contributed by atoms with van der Waals surface area (Å²) in [7, 11) is 0. The fourth-order valence-corrected chi connectivity index (χ4v) is 4.79. The summed E-state index contributed by atoms with van der Waals surface area (Å²) in [6, 6.07) is 22.8. The number of fused-ring (bicyclic) bond motifs is 2. The number of nitrogens with one attached hydrogen (secondary N) is 4. The van der Waals surface area contributed by atoms with E-state index in [4.69, 9.17) is 11.5 Å². The number of aliphatic imine (C=N–C) groups is 1. The molecular weight excluding hydrogens is 549 g/mol. The zero-order valence-electron chi connectivity index (χ0n) is 23.1. The monoisotopic (exact) mass is 579 g/mol. The average Bonchev–Trinajstić information content (AvgIpc) is 3.42. The normalized spacial score (nSPS) is 11.6. The van der Waals surface area contributed by atoms with Crippen molar-refractivity contribution in [1.82, 2.24) is 15.6 Å². The van der Waals surface area contributed by atoms with E-state index in [1.807, 2.05) is 54.6 Å². The highest BCUT2D eigenvalue weighted by atomic mass is 19.1. The number of aromatic nitrogens is 1. The van der Waals surface area contributed by atoms with Gasteiger partial charge in [0, 0.05) is 35.6 Å². The molecule has 0 aliphatic carbocycles. The van der Waals surface area contributed by atoms with E-state index in [1.165, 1.54) is 6.07 Å². The SMILES string of the molecule is NC(N)=NCCNC(=O)[C@H](Cc1c[nH]c2ccccc12)NC(=O)c1cc(F)ccc1NC(=O)c1ccc2ccccc2c1. The number of hydrogen-bond acceptors (Lipinski definition) is 4. The maximum atomic E-state index is 14.4. The first-order chi connectivity index (χ1) is 20.8. The highest BCUT2D eigenvalue weighted by molar-refractivity contribution is 6.10. The minimum atomic E-state index is -1.04. The van der Waals surface area contributed by atoms with Gasteiger partial charge in [0.25, 0.3) is 11.8 Å². The summed E-state index contributed by atoms with van der Waals surface area (Å²) in [6.45, 7) is 0.278. The van der Waals surface area contributed by atoms with Gasteiger partial charge in [-0.05, 0) is 52.7 Å². The van der Waals surface area contributed by atoms with Gasteiger partial charge in [0.1, 0.15) is 11.9 Å². The molecule has 0 bridgehead atoms. The van der Waals surface area contributed by atoms with Gasteiger partial charge in [-0.25, -0.2) is 4.39 Å². The molecule has 0 saturated carbocycles. The van der Waals surface area contributed by atoms with Crippen molar-refractivity contribution in [3.05, 3.63) is 114 Å². The number of guanidine groups is 1. The molecule has 4 aromatic carbocycles. The molecule has 0 aliphatic rings. The molecule has 218 valence electrons. The van der Waals surface area contributed by atoms with Crippen LogP contribution in [-0.2, 0) is 11.2 Å². The van der Waals surface area contributed by atoms with E-state index in [0.29, 0.717) is 5.56 Å². The highest BCUT2D eigenvalue weighted by Crippen LogP contribution is 2.22. The van der Waals surface area contributed by atoms with Crippen molar-refractivity contribution in [2.45, 2.75) is 12.5 Å². The number of benzene rings is 4. The van der Waals surface area contributed by atoms with Gasteiger partial charge in [-0.15, -0.1) is 0 Å². The Bertz CT molecular complexity index is 1850. The van der Waals surface area contributed by atoms with Crippen LogP contribution in [0.3, 0.4) is 0 Å². The van der Waals surface area contributed by atoms with Crippen LogP contribution in [0.25, 0.3) is 21.7 Å². The van der Waals surface area contributed by atoms with Crippen LogP contribution < -0.4 is 27.4 Å². The van der Waals surface area contributed by atoms with E-state index in [-0.39, 0.29) is 36.7 Å². The Morgan fingerprint density at radius 1 is 0.884 bits per heavy atom. The van der Waals surface area contributed by atoms with E-state index in [9.17, 15) is 18.8 Å². The van der Waals surface area contributed by atoms with Gasteiger partial charge < -0.3 is 32.4 Å². The molecule has 1 heterocycles. The third kappa shape index (κ3) is 6.96. The van der Waals surface area contributed by atoms with Crippen molar-refractivity contribution in [1.29, 1.82) is 0 Å². The fourth-order valence-electron chi connectivity index (χ4n) is 4.79. The quantitative estimate of drug-likeness (QED) is 0.0845. The van der Waals surface area contributed by atoms with Gasteiger partial charge in [-0.2, -0.15) is 0 Å². The smallest absolute Gasteiger partial charge is 0.255 e. The lowest BCUT2D eigenvalue weighted by atomic mass is 10.0. The second-order valence-electron chi connectivity index (χ2n) is 9.89. The maximum Gasteiger partial charge on any atom is 0.255 e. The number of aromatic amines is 1. The summed E-state index contributed by atoms with van der Waals surface area (Å²) in [5, 5.41) is 10.9. The van der Waals surface area contributed by atoms with E-state index in [0.717, 1.165) is 39.4 Å². The Morgan fingerprint density at radius 3 is 2.47 bits per heavy atom. The molecule has 0 aliphatic heterocycles. The Kier molecular flexibility index (Phi) is 8.61. The van der Waals surface area contributed by atoms with Crippen LogP contribution in [0.4, 0.5) is 10.1 Å². The number of hydrogen-bond donors (Lipinski definition) is 6. The van der Waals surface area contributed by atoms with Crippen LogP contribution in [0.1, 0.15) is 26.3 Å². The van der Waals surface area contributed by atoms with E-state index < -0.39 is 29.6 Å². The molecule has 0 radical (unpaired) electrons. The van der Waals surface area contributed by atoms with Gasteiger partial charge in [-0.1, -0.05) is 48.5 Å². The first-order valence-corrected chi connectivity index (χ1v) is 13.6. The molecule has 10 nitrogen and oxygen atoms in total. The van der Waals surface area contributed by atoms with Crippen LogP contribution in [0, 0.1) is 5.82 Å². The van der Waals surface area contributed by atoms with Gasteiger partial charge >= 0.3 is 0 Å². The molecule has 5 rings (SSSR count). The van der Waals surface area contributed by atoms with Crippen LogP contribution >= 0.6 is 0 Å².